The Kier molecular flexibility index (Phi) is 4.07. The first-order valence-electron chi connectivity index (χ1n) is 6.11. The first-order chi connectivity index (χ1) is 9.19. The molecule has 0 aliphatic carbocycles. The summed E-state index contributed by atoms with van der Waals surface area (Å²) in [6.07, 6.45) is 4.33. The van der Waals surface area contributed by atoms with Crippen LogP contribution in [0.15, 0.2) is 41.6 Å². The Morgan fingerprint density at radius 3 is 2.68 bits per heavy atom. The molecule has 98 valence electrons. The van der Waals surface area contributed by atoms with Crippen molar-refractivity contribution in [1.29, 1.82) is 0 Å². The van der Waals surface area contributed by atoms with Crippen molar-refractivity contribution in [3.05, 3.63) is 53.3 Å². The van der Waals surface area contributed by atoms with Crippen LogP contribution >= 0.6 is 0 Å². The highest BCUT2D eigenvalue weighted by molar-refractivity contribution is 5.92. The maximum atomic E-state index is 11.6. The number of nitrogens with zero attached hydrogens (tertiary/aromatic N) is 3. The molecule has 1 heterocycles. The van der Waals surface area contributed by atoms with Crippen LogP contribution in [0, 0.1) is 0 Å². The molecular formula is C14H16N4O. The summed E-state index contributed by atoms with van der Waals surface area (Å²) in [5.41, 5.74) is 5.01. The summed E-state index contributed by atoms with van der Waals surface area (Å²) in [4.78, 5) is 11.6. The van der Waals surface area contributed by atoms with E-state index in [1.165, 1.54) is 5.56 Å². The van der Waals surface area contributed by atoms with Gasteiger partial charge in [-0.1, -0.05) is 31.2 Å². The van der Waals surface area contributed by atoms with E-state index in [9.17, 15) is 4.79 Å². The quantitative estimate of drug-likeness (QED) is 0.669. The van der Waals surface area contributed by atoms with Crippen molar-refractivity contribution >= 4 is 12.1 Å². The molecule has 0 atom stereocenters. The molecule has 0 unspecified atom stereocenters. The van der Waals surface area contributed by atoms with Gasteiger partial charge in [-0.2, -0.15) is 10.2 Å². The average Bonchev–Trinajstić information content (AvgIpc) is 2.86. The fourth-order valence-electron chi connectivity index (χ4n) is 1.60. The van der Waals surface area contributed by atoms with E-state index >= 15 is 0 Å². The number of carbonyl (C=O) groups is 1. The number of hydrogen-bond donors (Lipinski definition) is 1. The predicted octanol–water partition coefficient (Wildman–Crippen LogP) is 1.75. The van der Waals surface area contributed by atoms with Crippen LogP contribution in [0.5, 0.6) is 0 Å². The van der Waals surface area contributed by atoms with Crippen LogP contribution in [0.2, 0.25) is 0 Å². The van der Waals surface area contributed by atoms with E-state index in [1.807, 2.05) is 24.3 Å². The monoisotopic (exact) mass is 256 g/mol. The van der Waals surface area contributed by atoms with Gasteiger partial charge in [-0.3, -0.25) is 9.48 Å². The zero-order valence-corrected chi connectivity index (χ0v) is 11.0. The summed E-state index contributed by atoms with van der Waals surface area (Å²) in [6, 6.07) is 9.66. The van der Waals surface area contributed by atoms with E-state index in [2.05, 4.69) is 22.5 Å². The second kappa shape index (κ2) is 5.95. The maximum Gasteiger partial charge on any atom is 0.291 e. The Morgan fingerprint density at radius 1 is 1.37 bits per heavy atom. The largest absolute Gasteiger partial charge is 0.291 e. The molecule has 0 bridgehead atoms. The van der Waals surface area contributed by atoms with Gasteiger partial charge in [0.25, 0.3) is 5.91 Å². The highest BCUT2D eigenvalue weighted by atomic mass is 16.2. The summed E-state index contributed by atoms with van der Waals surface area (Å²) in [5, 5.41) is 7.90. The highest BCUT2D eigenvalue weighted by Gasteiger charge is 2.06. The van der Waals surface area contributed by atoms with Gasteiger partial charge >= 0.3 is 0 Å². The predicted molar refractivity (Wildman–Crippen MR) is 74.1 cm³/mol. The van der Waals surface area contributed by atoms with Crippen LogP contribution in [-0.2, 0) is 13.5 Å². The Morgan fingerprint density at radius 2 is 2.11 bits per heavy atom. The van der Waals surface area contributed by atoms with Gasteiger partial charge in [0, 0.05) is 13.2 Å². The first-order valence-corrected chi connectivity index (χ1v) is 6.11. The van der Waals surface area contributed by atoms with Crippen molar-refractivity contribution < 1.29 is 4.79 Å². The van der Waals surface area contributed by atoms with Crippen LogP contribution in [0.3, 0.4) is 0 Å². The molecule has 0 aliphatic heterocycles. The summed E-state index contributed by atoms with van der Waals surface area (Å²) in [7, 11) is 1.76. The molecule has 19 heavy (non-hydrogen) atoms. The lowest BCUT2D eigenvalue weighted by Gasteiger charge is -1.98. The molecule has 0 radical (unpaired) electrons. The molecule has 0 saturated carbocycles. The molecule has 2 aromatic rings. The Hall–Kier alpha value is -2.43. The number of hydrogen-bond acceptors (Lipinski definition) is 3. The number of benzene rings is 1. The lowest BCUT2D eigenvalue weighted by molar-refractivity contribution is 0.0949. The molecule has 0 aliphatic rings. The molecule has 1 N–H and O–H groups in total. The number of carbonyl (C=O) groups excluding carboxylic acids is 1. The maximum absolute atomic E-state index is 11.6. The van der Waals surface area contributed by atoms with Gasteiger partial charge in [0.2, 0.25) is 0 Å². The highest BCUT2D eigenvalue weighted by Crippen LogP contribution is 2.02. The minimum absolute atomic E-state index is 0.318. The molecule has 5 heteroatoms. The number of aryl methyl sites for hydroxylation is 2. The number of amides is 1. The Labute approximate surface area is 111 Å². The van der Waals surface area contributed by atoms with Gasteiger partial charge in [-0.15, -0.1) is 0 Å². The van der Waals surface area contributed by atoms with Gasteiger partial charge in [-0.25, -0.2) is 5.43 Å². The zero-order chi connectivity index (χ0) is 13.7. The number of aromatic nitrogens is 2. The lowest BCUT2D eigenvalue weighted by atomic mass is 10.1. The molecule has 1 aromatic carbocycles. The zero-order valence-electron chi connectivity index (χ0n) is 11.0. The molecule has 2 rings (SSSR count). The fraction of sp³-hybridized carbons (Fsp3) is 0.214. The van der Waals surface area contributed by atoms with Gasteiger partial charge < -0.3 is 0 Å². The number of nitrogens with one attached hydrogen (secondary N) is 1. The van der Waals surface area contributed by atoms with E-state index in [4.69, 9.17) is 0 Å². The van der Waals surface area contributed by atoms with Gasteiger partial charge in [0.1, 0.15) is 0 Å². The average molecular weight is 256 g/mol. The number of hydrazone groups is 1. The van der Waals surface area contributed by atoms with Crippen LogP contribution in [-0.4, -0.2) is 21.9 Å². The van der Waals surface area contributed by atoms with Gasteiger partial charge in [0.15, 0.2) is 5.69 Å². The van der Waals surface area contributed by atoms with E-state index in [-0.39, 0.29) is 5.91 Å². The molecule has 1 aromatic heterocycles. The normalized spacial score (nSPS) is 10.8. The fourth-order valence-corrected chi connectivity index (χ4v) is 1.60. The minimum atomic E-state index is -0.318. The molecular weight excluding hydrogens is 240 g/mol. The second-order valence-corrected chi connectivity index (χ2v) is 4.17. The summed E-state index contributed by atoms with van der Waals surface area (Å²) in [5.74, 6) is -0.318. The van der Waals surface area contributed by atoms with Crippen LogP contribution in [0.1, 0.15) is 28.5 Å². The Balaban J connectivity index is 1.94. The van der Waals surface area contributed by atoms with E-state index < -0.39 is 0 Å². The van der Waals surface area contributed by atoms with E-state index in [0.717, 1.165) is 12.0 Å². The molecule has 0 spiro atoms. The molecule has 0 saturated heterocycles. The van der Waals surface area contributed by atoms with Crippen molar-refractivity contribution in [2.75, 3.05) is 0 Å². The molecule has 5 nitrogen and oxygen atoms in total. The smallest absolute Gasteiger partial charge is 0.275 e. The second-order valence-electron chi connectivity index (χ2n) is 4.17. The van der Waals surface area contributed by atoms with E-state index in [0.29, 0.717) is 5.69 Å². The van der Waals surface area contributed by atoms with Crippen molar-refractivity contribution in [3.8, 4) is 0 Å². The third-order valence-corrected chi connectivity index (χ3v) is 2.71. The van der Waals surface area contributed by atoms with Crippen molar-refractivity contribution in [1.82, 2.24) is 15.2 Å². The summed E-state index contributed by atoms with van der Waals surface area (Å²) < 4.78 is 1.57. The van der Waals surface area contributed by atoms with Crippen molar-refractivity contribution in [3.63, 3.8) is 0 Å². The first kappa shape index (κ1) is 13.0. The molecule has 0 fully saturated rings. The van der Waals surface area contributed by atoms with Crippen molar-refractivity contribution in [2.45, 2.75) is 13.3 Å². The Bertz CT molecular complexity index is 584. The van der Waals surface area contributed by atoms with Crippen LogP contribution in [0.25, 0.3) is 0 Å². The number of rotatable bonds is 4. The van der Waals surface area contributed by atoms with Gasteiger partial charge in [0.05, 0.1) is 6.21 Å². The minimum Gasteiger partial charge on any atom is -0.275 e. The summed E-state index contributed by atoms with van der Waals surface area (Å²) in [6.45, 7) is 2.11. The molecule has 1 amide bonds. The topological polar surface area (TPSA) is 59.3 Å². The summed E-state index contributed by atoms with van der Waals surface area (Å²) >= 11 is 0. The van der Waals surface area contributed by atoms with E-state index in [1.54, 1.807) is 30.2 Å². The third-order valence-electron chi connectivity index (χ3n) is 2.71. The van der Waals surface area contributed by atoms with Crippen molar-refractivity contribution in [2.24, 2.45) is 12.1 Å². The van der Waals surface area contributed by atoms with Crippen LogP contribution < -0.4 is 5.43 Å². The SMILES string of the molecule is CCc1ccc(/C=N/NC(=O)c2ccn(C)n2)cc1. The van der Waals surface area contributed by atoms with Gasteiger partial charge in [-0.05, 0) is 23.6 Å². The third kappa shape index (κ3) is 3.51. The standard InChI is InChI=1S/C14H16N4O/c1-3-11-4-6-12(7-5-11)10-15-16-14(19)13-8-9-18(2)17-13/h4-10H,3H2,1-2H3,(H,16,19)/b15-10+. The van der Waals surface area contributed by atoms with Crippen LogP contribution in [0.4, 0.5) is 0 Å². The lowest BCUT2D eigenvalue weighted by Crippen LogP contribution is -2.18.